The molecule has 2 heterocycles. The molecule has 0 saturated carbocycles. The van der Waals surface area contributed by atoms with E-state index in [4.69, 9.17) is 0 Å². The Bertz CT molecular complexity index is 2120. The van der Waals surface area contributed by atoms with Crippen LogP contribution < -0.4 is 7.74 Å². The van der Waals surface area contributed by atoms with Gasteiger partial charge in [0, 0.05) is 0 Å². The second kappa shape index (κ2) is 10.8. The third kappa shape index (κ3) is 4.13. The first kappa shape index (κ1) is 27.9. The van der Waals surface area contributed by atoms with Gasteiger partial charge in [0.25, 0.3) is 0 Å². The van der Waals surface area contributed by atoms with Gasteiger partial charge >= 0.3 is 262 Å². The fraction of sp³-hybridized carbons (Fsp3) is 0.0526. The number of para-hydroxylation sites is 2. The Morgan fingerprint density at radius 1 is 0.511 bits per heavy atom. The Morgan fingerprint density at radius 2 is 0.956 bits per heavy atom. The van der Waals surface area contributed by atoms with E-state index in [0.29, 0.717) is 20.6 Å². The van der Waals surface area contributed by atoms with Gasteiger partial charge in [0.15, 0.2) is 0 Å². The molecule has 2 aliphatic carbocycles. The molecule has 2 nitrogen and oxygen atoms in total. The summed E-state index contributed by atoms with van der Waals surface area (Å²) in [6.45, 7) is 0. The molecule has 0 aliphatic heterocycles. The molecule has 2 aromatic heterocycles. The summed E-state index contributed by atoms with van der Waals surface area (Å²) in [6, 6.07) is 24.1. The van der Waals surface area contributed by atoms with E-state index in [0.717, 1.165) is 21.8 Å². The van der Waals surface area contributed by atoms with Crippen LogP contribution in [0, 0.1) is 23.3 Å². The quantitative estimate of drug-likeness (QED) is 0.128. The van der Waals surface area contributed by atoms with Crippen molar-refractivity contribution in [2.45, 2.75) is 12.8 Å². The van der Waals surface area contributed by atoms with Crippen molar-refractivity contribution in [2.75, 3.05) is 0 Å². The van der Waals surface area contributed by atoms with E-state index in [1.54, 1.807) is 21.5 Å². The van der Waals surface area contributed by atoms with Crippen LogP contribution in [0.4, 0.5) is 17.6 Å². The second-order valence-corrected chi connectivity index (χ2v) is 17.3. The monoisotopic (exact) mass is 634 g/mol. The van der Waals surface area contributed by atoms with Crippen LogP contribution in [0.5, 0.6) is 0 Å². The zero-order valence-corrected chi connectivity index (χ0v) is 25.6. The zero-order valence-electron chi connectivity index (χ0n) is 24.0. The SMILES string of the molecule is Fc1ccc(-n2ccc3ccccc32)c(F)[c]1[Ti]([C]1=CC=CC1)([C]1=CC=CC1)[c]1c(F)ccc(-n2ccc3ccccc32)c1F. The van der Waals surface area contributed by atoms with Crippen LogP contribution in [0.1, 0.15) is 12.8 Å². The molecule has 6 aromatic rings. The minimum absolute atomic E-state index is 0.133. The van der Waals surface area contributed by atoms with E-state index in [1.807, 2.05) is 97.1 Å². The van der Waals surface area contributed by atoms with Crippen molar-refractivity contribution in [3.63, 3.8) is 0 Å². The van der Waals surface area contributed by atoms with Gasteiger partial charge in [-0.3, -0.25) is 0 Å². The maximum atomic E-state index is 17.4. The van der Waals surface area contributed by atoms with E-state index in [-0.39, 0.29) is 19.1 Å². The molecule has 0 saturated heterocycles. The maximum absolute atomic E-state index is 17.4. The minimum atomic E-state index is -5.01. The number of hydrogen-bond acceptors (Lipinski definition) is 0. The van der Waals surface area contributed by atoms with Crippen molar-refractivity contribution in [2.24, 2.45) is 0 Å². The predicted octanol–water partition coefficient (Wildman–Crippen LogP) is 8.92. The zero-order chi connectivity index (χ0) is 30.7. The summed E-state index contributed by atoms with van der Waals surface area (Å²) in [5.74, 6) is -3.20. The van der Waals surface area contributed by atoms with Crippen molar-refractivity contribution < 1.29 is 34.2 Å². The van der Waals surface area contributed by atoms with Gasteiger partial charge in [-0.2, -0.15) is 0 Å². The number of halogens is 4. The van der Waals surface area contributed by atoms with Gasteiger partial charge in [-0.05, 0) is 0 Å². The Labute approximate surface area is 260 Å². The summed E-state index contributed by atoms with van der Waals surface area (Å²) < 4.78 is 72.2. The molecular weight excluding hydrogens is 608 g/mol. The van der Waals surface area contributed by atoms with Crippen LogP contribution >= 0.6 is 0 Å². The molecule has 4 aromatic carbocycles. The summed E-state index contributed by atoms with van der Waals surface area (Å²) in [6.07, 6.45) is 15.2. The van der Waals surface area contributed by atoms with Crippen LogP contribution in [-0.2, 0) is 16.6 Å². The number of rotatable bonds is 6. The molecule has 220 valence electrons. The average Bonchev–Trinajstić information content (AvgIpc) is 3.88. The number of benzene rings is 4. The van der Waals surface area contributed by atoms with Gasteiger partial charge in [-0.15, -0.1) is 0 Å². The normalized spacial score (nSPS) is 14.6. The first-order valence-electron chi connectivity index (χ1n) is 14.8. The van der Waals surface area contributed by atoms with Gasteiger partial charge in [0.05, 0.1) is 0 Å². The van der Waals surface area contributed by atoms with Gasteiger partial charge < -0.3 is 0 Å². The molecule has 0 spiro atoms. The molecule has 0 radical (unpaired) electrons. The van der Waals surface area contributed by atoms with Crippen LogP contribution in [0.25, 0.3) is 33.2 Å². The topological polar surface area (TPSA) is 9.86 Å². The molecule has 0 N–H and O–H groups in total. The summed E-state index contributed by atoms with van der Waals surface area (Å²) >= 11 is -5.01. The summed E-state index contributed by atoms with van der Waals surface area (Å²) in [4.78, 5) is 0. The molecule has 7 heteroatoms. The number of aromatic nitrogens is 2. The average molecular weight is 634 g/mol. The number of allylic oxidation sites excluding steroid dienone is 8. The van der Waals surface area contributed by atoms with Crippen LogP contribution in [0.3, 0.4) is 0 Å². The van der Waals surface area contributed by atoms with Crippen molar-refractivity contribution >= 4 is 29.5 Å². The molecule has 0 amide bonds. The number of fused-ring (bicyclic) bond motifs is 2. The first-order chi connectivity index (χ1) is 22.0. The van der Waals surface area contributed by atoms with Crippen molar-refractivity contribution in [3.05, 3.63) is 165 Å². The van der Waals surface area contributed by atoms with E-state index < -0.39 is 39.9 Å². The van der Waals surface area contributed by atoms with Crippen molar-refractivity contribution in [3.8, 4) is 11.4 Å². The molecule has 0 bridgehead atoms. The molecule has 45 heavy (non-hydrogen) atoms. The Morgan fingerprint density at radius 3 is 1.38 bits per heavy atom. The third-order valence-electron chi connectivity index (χ3n) is 9.12. The van der Waals surface area contributed by atoms with E-state index in [9.17, 15) is 0 Å². The van der Waals surface area contributed by atoms with E-state index in [2.05, 4.69) is 0 Å². The fourth-order valence-electron chi connectivity index (χ4n) is 7.15. The Balaban J connectivity index is 1.48. The van der Waals surface area contributed by atoms with Gasteiger partial charge in [0.1, 0.15) is 0 Å². The van der Waals surface area contributed by atoms with Gasteiger partial charge in [-0.1, -0.05) is 0 Å². The standard InChI is InChI=1S/2C14H8F2N.2C5H5.Ti/c2*15-11-5-6-14(12(16)9-11)17-8-7-10-3-1-2-4-13(10)17;2*1-2-4-5-3-1;/h2*1-8H;2*1-3H,4H2;. The van der Waals surface area contributed by atoms with Crippen molar-refractivity contribution in [1.29, 1.82) is 0 Å². The first-order valence-corrected chi connectivity index (χ1v) is 17.9. The second-order valence-electron chi connectivity index (χ2n) is 11.4. The molecule has 0 atom stereocenters. The summed E-state index contributed by atoms with van der Waals surface area (Å²) in [5.41, 5.74) is 1.76. The third-order valence-corrected chi connectivity index (χ3v) is 17.1. The predicted molar refractivity (Wildman–Crippen MR) is 169 cm³/mol. The van der Waals surface area contributed by atoms with Crippen LogP contribution in [-0.4, -0.2) is 9.13 Å². The number of hydrogen-bond donors (Lipinski definition) is 0. The molecule has 8 rings (SSSR count). The Hall–Kier alpha value is -4.65. The fourth-order valence-corrected chi connectivity index (χ4v) is 15.4. The van der Waals surface area contributed by atoms with Crippen molar-refractivity contribution in [1.82, 2.24) is 9.13 Å². The summed E-state index contributed by atoms with van der Waals surface area (Å²) in [5, 5.41) is 1.79. The Kier molecular flexibility index (Phi) is 6.66. The van der Waals surface area contributed by atoms with Gasteiger partial charge in [0.2, 0.25) is 0 Å². The molecular formula is C38H26F4N2Ti. The summed E-state index contributed by atoms with van der Waals surface area (Å²) in [7, 11) is 0. The molecule has 2 aliphatic rings. The molecule has 0 unspecified atom stereocenters. The molecule has 0 fully saturated rings. The van der Waals surface area contributed by atoms with Crippen LogP contribution in [0.2, 0.25) is 0 Å². The van der Waals surface area contributed by atoms with E-state index >= 15 is 17.6 Å². The van der Waals surface area contributed by atoms with Crippen LogP contribution in [0.15, 0.2) is 142 Å². The van der Waals surface area contributed by atoms with Gasteiger partial charge in [-0.25, -0.2) is 0 Å². The van der Waals surface area contributed by atoms with E-state index in [1.165, 1.54) is 24.3 Å². The number of nitrogens with zero attached hydrogens (tertiary/aromatic N) is 2.